The van der Waals surface area contributed by atoms with Crippen molar-refractivity contribution in [2.45, 2.75) is 10.1 Å². The lowest BCUT2D eigenvalue weighted by Gasteiger charge is -2.01. The van der Waals surface area contributed by atoms with Crippen molar-refractivity contribution < 1.29 is 9.72 Å². The van der Waals surface area contributed by atoms with Gasteiger partial charge in [0.15, 0.2) is 0 Å². The summed E-state index contributed by atoms with van der Waals surface area (Å²) in [7, 11) is 1.63. The molecule has 1 heterocycles. The molecule has 0 atom stereocenters. The molecule has 0 saturated heterocycles. The molecule has 0 spiro atoms. The van der Waals surface area contributed by atoms with Gasteiger partial charge >= 0.3 is 0 Å². The van der Waals surface area contributed by atoms with Gasteiger partial charge in [-0.3, -0.25) is 14.9 Å². The van der Waals surface area contributed by atoms with Gasteiger partial charge in [0.1, 0.15) is 6.29 Å². The molecule has 1 aromatic heterocycles. The first-order valence-corrected chi connectivity index (χ1v) is 5.57. The van der Waals surface area contributed by atoms with Gasteiger partial charge in [-0.05, 0) is 28.3 Å². The van der Waals surface area contributed by atoms with Crippen LogP contribution in [0.5, 0.6) is 0 Å². The molecule has 0 fully saturated rings. The molecule has 0 aliphatic heterocycles. The highest BCUT2D eigenvalue weighted by molar-refractivity contribution is 7.99. The van der Waals surface area contributed by atoms with E-state index in [0.29, 0.717) is 16.3 Å². The molecule has 8 nitrogen and oxygen atoms in total. The first-order chi connectivity index (χ1) is 8.61. The number of hydrogen-bond donors (Lipinski definition) is 0. The molecule has 92 valence electrons. The number of tetrazole rings is 1. The number of nitro benzene ring substituents is 1. The molecule has 0 bridgehead atoms. The Morgan fingerprint density at radius 2 is 2.28 bits per heavy atom. The molecule has 1 aromatic carbocycles. The van der Waals surface area contributed by atoms with Crippen LogP contribution in [0.4, 0.5) is 5.69 Å². The average molecular weight is 265 g/mol. The summed E-state index contributed by atoms with van der Waals surface area (Å²) in [5.41, 5.74) is 0.106. The zero-order valence-electron chi connectivity index (χ0n) is 9.18. The smallest absolute Gasteiger partial charge is 0.284 e. The number of nitro groups is 1. The van der Waals surface area contributed by atoms with Crippen LogP contribution < -0.4 is 0 Å². The Balaban J connectivity index is 2.41. The zero-order chi connectivity index (χ0) is 13.1. The first-order valence-electron chi connectivity index (χ1n) is 4.75. The summed E-state index contributed by atoms with van der Waals surface area (Å²) in [6, 6.07) is 4.23. The Morgan fingerprint density at radius 1 is 1.50 bits per heavy atom. The van der Waals surface area contributed by atoms with Crippen LogP contribution in [0.15, 0.2) is 28.3 Å². The molecule has 0 unspecified atom stereocenters. The van der Waals surface area contributed by atoms with Crippen molar-refractivity contribution in [2.75, 3.05) is 0 Å². The Bertz CT molecular complexity index is 612. The number of aryl methyl sites for hydroxylation is 1. The van der Waals surface area contributed by atoms with E-state index in [0.717, 1.165) is 11.8 Å². The SMILES string of the molecule is Cn1nnnc1Sc1ccc(C=O)cc1[N+](=O)[O-]. The van der Waals surface area contributed by atoms with Crippen molar-refractivity contribution >= 4 is 23.7 Å². The van der Waals surface area contributed by atoms with Crippen LogP contribution in [0.1, 0.15) is 10.4 Å². The summed E-state index contributed by atoms with van der Waals surface area (Å²) in [4.78, 5) is 21.4. The van der Waals surface area contributed by atoms with Crippen LogP contribution in [0, 0.1) is 10.1 Å². The number of carbonyl (C=O) groups is 1. The third kappa shape index (κ3) is 2.35. The molecular formula is C9H7N5O3S. The number of benzene rings is 1. The van der Waals surface area contributed by atoms with E-state index in [1.807, 2.05) is 0 Å². The van der Waals surface area contributed by atoms with E-state index in [-0.39, 0.29) is 11.3 Å². The average Bonchev–Trinajstić information content (AvgIpc) is 2.75. The van der Waals surface area contributed by atoms with Crippen molar-refractivity contribution in [1.82, 2.24) is 20.2 Å². The van der Waals surface area contributed by atoms with Gasteiger partial charge in [0, 0.05) is 18.7 Å². The number of hydrogen-bond acceptors (Lipinski definition) is 7. The van der Waals surface area contributed by atoms with Crippen molar-refractivity contribution in [3.63, 3.8) is 0 Å². The molecule has 0 aliphatic carbocycles. The van der Waals surface area contributed by atoms with Crippen LogP contribution in [-0.4, -0.2) is 31.4 Å². The lowest BCUT2D eigenvalue weighted by Crippen LogP contribution is -1.96. The molecule has 2 aromatic rings. The van der Waals surface area contributed by atoms with Gasteiger partial charge in [-0.2, -0.15) is 0 Å². The van der Waals surface area contributed by atoms with E-state index in [1.54, 1.807) is 7.05 Å². The number of rotatable bonds is 4. The number of carbonyl (C=O) groups excluding carboxylic acids is 1. The summed E-state index contributed by atoms with van der Waals surface area (Å²) in [5.74, 6) is 0. The van der Waals surface area contributed by atoms with Gasteiger partial charge in [-0.15, -0.1) is 5.10 Å². The maximum atomic E-state index is 10.9. The lowest BCUT2D eigenvalue weighted by atomic mass is 10.2. The topological polar surface area (TPSA) is 104 Å². The summed E-state index contributed by atoms with van der Waals surface area (Å²) < 4.78 is 1.40. The van der Waals surface area contributed by atoms with Gasteiger partial charge in [-0.1, -0.05) is 6.07 Å². The molecule has 9 heteroatoms. The quantitative estimate of drug-likeness (QED) is 0.462. The number of aldehydes is 1. The van der Waals surface area contributed by atoms with Crippen molar-refractivity contribution in [3.8, 4) is 0 Å². The summed E-state index contributed by atoms with van der Waals surface area (Å²) >= 11 is 1.06. The Hall–Kier alpha value is -2.29. The maximum Gasteiger partial charge on any atom is 0.284 e. The van der Waals surface area contributed by atoms with Gasteiger partial charge in [-0.25, -0.2) is 4.68 Å². The van der Waals surface area contributed by atoms with E-state index >= 15 is 0 Å². The zero-order valence-corrected chi connectivity index (χ0v) is 9.99. The van der Waals surface area contributed by atoms with E-state index in [1.165, 1.54) is 22.9 Å². The summed E-state index contributed by atoms with van der Waals surface area (Å²) in [6.07, 6.45) is 0.561. The molecule has 0 saturated carbocycles. The van der Waals surface area contributed by atoms with Crippen LogP contribution in [0.25, 0.3) is 0 Å². The minimum absolute atomic E-state index is 0.146. The van der Waals surface area contributed by atoms with E-state index in [2.05, 4.69) is 15.5 Å². The van der Waals surface area contributed by atoms with Gasteiger partial charge in [0.25, 0.3) is 5.69 Å². The molecule has 0 N–H and O–H groups in total. The second kappa shape index (κ2) is 4.92. The predicted octanol–water partition coefficient (Wildman–Crippen LogP) is 1.08. The highest BCUT2D eigenvalue weighted by atomic mass is 32.2. The highest BCUT2D eigenvalue weighted by Gasteiger charge is 2.17. The van der Waals surface area contributed by atoms with Crippen LogP contribution in [0.2, 0.25) is 0 Å². The highest BCUT2D eigenvalue weighted by Crippen LogP contribution is 2.33. The normalized spacial score (nSPS) is 10.3. The van der Waals surface area contributed by atoms with Gasteiger partial charge in [0.05, 0.1) is 9.82 Å². The largest absolute Gasteiger partial charge is 0.298 e. The van der Waals surface area contributed by atoms with Crippen molar-refractivity contribution in [2.24, 2.45) is 7.05 Å². The van der Waals surface area contributed by atoms with E-state index in [4.69, 9.17) is 0 Å². The Kier molecular flexibility index (Phi) is 3.33. The van der Waals surface area contributed by atoms with Crippen LogP contribution in [-0.2, 0) is 7.05 Å². The summed E-state index contributed by atoms with van der Waals surface area (Å²) in [5, 5.41) is 22.1. The fraction of sp³-hybridized carbons (Fsp3) is 0.111. The van der Waals surface area contributed by atoms with Gasteiger partial charge in [0.2, 0.25) is 5.16 Å². The minimum Gasteiger partial charge on any atom is -0.298 e. The molecular weight excluding hydrogens is 258 g/mol. The third-order valence-electron chi connectivity index (χ3n) is 2.10. The third-order valence-corrected chi connectivity index (χ3v) is 3.19. The molecule has 2 rings (SSSR count). The monoisotopic (exact) mass is 265 g/mol. The predicted molar refractivity (Wildman–Crippen MR) is 61.4 cm³/mol. The van der Waals surface area contributed by atoms with Crippen molar-refractivity contribution in [1.29, 1.82) is 0 Å². The molecule has 0 radical (unpaired) electrons. The fourth-order valence-corrected chi connectivity index (χ4v) is 2.06. The molecule has 0 amide bonds. The standard InChI is InChI=1S/C9H7N5O3S/c1-13-9(10-11-12-13)18-8-3-2-6(5-15)4-7(8)14(16)17/h2-5H,1H3. The van der Waals surface area contributed by atoms with Crippen molar-refractivity contribution in [3.05, 3.63) is 33.9 Å². The fourth-order valence-electron chi connectivity index (χ4n) is 1.24. The molecule has 18 heavy (non-hydrogen) atoms. The summed E-state index contributed by atoms with van der Waals surface area (Å²) in [6.45, 7) is 0. The Labute approximate surface area is 105 Å². The number of aromatic nitrogens is 4. The van der Waals surface area contributed by atoms with E-state index < -0.39 is 4.92 Å². The molecule has 0 aliphatic rings. The Morgan fingerprint density at radius 3 is 2.83 bits per heavy atom. The van der Waals surface area contributed by atoms with E-state index in [9.17, 15) is 14.9 Å². The van der Waals surface area contributed by atoms with Crippen LogP contribution in [0.3, 0.4) is 0 Å². The van der Waals surface area contributed by atoms with Gasteiger partial charge < -0.3 is 0 Å². The second-order valence-electron chi connectivity index (χ2n) is 3.29. The lowest BCUT2D eigenvalue weighted by molar-refractivity contribution is -0.387. The maximum absolute atomic E-state index is 10.9. The minimum atomic E-state index is -0.543. The number of nitrogens with zero attached hydrogens (tertiary/aromatic N) is 5. The first kappa shape index (κ1) is 12.2. The van der Waals surface area contributed by atoms with Crippen LogP contribution >= 0.6 is 11.8 Å². The second-order valence-corrected chi connectivity index (χ2v) is 4.30.